The van der Waals surface area contributed by atoms with Gasteiger partial charge in [-0.15, -0.1) is 5.10 Å². The van der Waals surface area contributed by atoms with Gasteiger partial charge < -0.3 is 5.73 Å². The summed E-state index contributed by atoms with van der Waals surface area (Å²) in [6.07, 6.45) is 5.46. The zero-order valence-corrected chi connectivity index (χ0v) is 9.01. The summed E-state index contributed by atoms with van der Waals surface area (Å²) in [5, 5.41) is 12.2. The maximum atomic E-state index is 5.55. The van der Waals surface area contributed by atoms with E-state index in [1.807, 2.05) is 17.1 Å². The summed E-state index contributed by atoms with van der Waals surface area (Å²) in [4.78, 5) is 0. The van der Waals surface area contributed by atoms with Gasteiger partial charge in [0.1, 0.15) is 5.84 Å². The van der Waals surface area contributed by atoms with Gasteiger partial charge in [-0.1, -0.05) is 0 Å². The molecule has 5 nitrogen and oxygen atoms in total. The average molecular weight is 205 g/mol. The lowest BCUT2D eigenvalue weighted by molar-refractivity contribution is 0.532. The van der Waals surface area contributed by atoms with Crippen molar-refractivity contribution in [3.05, 3.63) is 18.0 Å². The predicted molar refractivity (Wildman–Crippen MR) is 60.0 cm³/mol. The van der Waals surface area contributed by atoms with Crippen LogP contribution in [0.25, 0.3) is 0 Å². The maximum Gasteiger partial charge on any atom is 0.122 e. The largest absolute Gasteiger partial charge is 0.386 e. The van der Waals surface area contributed by atoms with Crippen LogP contribution in [-0.4, -0.2) is 21.3 Å². The van der Waals surface area contributed by atoms with E-state index in [2.05, 4.69) is 29.1 Å². The minimum absolute atomic E-state index is 0.372. The molecule has 1 aliphatic rings. The molecule has 0 aromatic carbocycles. The molecule has 2 rings (SSSR count). The Morgan fingerprint density at radius 3 is 2.67 bits per heavy atom. The summed E-state index contributed by atoms with van der Waals surface area (Å²) in [6.45, 7) is 4.19. The smallest absolute Gasteiger partial charge is 0.122 e. The van der Waals surface area contributed by atoms with Crippen molar-refractivity contribution < 1.29 is 0 Å². The van der Waals surface area contributed by atoms with Gasteiger partial charge in [0.05, 0.1) is 11.9 Å². The van der Waals surface area contributed by atoms with Crippen molar-refractivity contribution in [2.45, 2.75) is 32.7 Å². The summed E-state index contributed by atoms with van der Waals surface area (Å²) in [5.41, 5.74) is 7.56. The summed E-state index contributed by atoms with van der Waals surface area (Å²) in [7, 11) is 0. The van der Waals surface area contributed by atoms with Crippen molar-refractivity contribution in [3.8, 4) is 0 Å². The quantitative estimate of drug-likeness (QED) is 0.791. The summed E-state index contributed by atoms with van der Waals surface area (Å²) < 4.78 is 1.92. The standard InChI is InChI=1S/C10H15N5/c1-7(2)15-6-8(5-12-15)9-3-4-10(11)14-13-9/h5-7H,3-4H2,1-2H3,(H2,11,14). The number of rotatable bonds is 2. The van der Waals surface area contributed by atoms with E-state index >= 15 is 0 Å². The fraction of sp³-hybridized carbons (Fsp3) is 0.500. The van der Waals surface area contributed by atoms with E-state index in [1.165, 1.54) is 0 Å². The third-order valence-corrected chi connectivity index (χ3v) is 2.38. The van der Waals surface area contributed by atoms with Crippen molar-refractivity contribution in [1.29, 1.82) is 0 Å². The van der Waals surface area contributed by atoms with Gasteiger partial charge in [0.15, 0.2) is 0 Å². The molecule has 1 aliphatic heterocycles. The second kappa shape index (κ2) is 3.84. The van der Waals surface area contributed by atoms with Crippen LogP contribution >= 0.6 is 0 Å². The first kappa shape index (κ1) is 9.89. The lowest BCUT2D eigenvalue weighted by atomic mass is 10.1. The number of nitrogens with zero attached hydrogens (tertiary/aromatic N) is 4. The molecule has 1 aromatic heterocycles. The molecule has 0 radical (unpaired) electrons. The Morgan fingerprint density at radius 2 is 2.13 bits per heavy atom. The van der Waals surface area contributed by atoms with Gasteiger partial charge in [0.2, 0.25) is 0 Å². The summed E-state index contributed by atoms with van der Waals surface area (Å²) in [6, 6.07) is 0.372. The lowest BCUT2D eigenvalue weighted by Gasteiger charge is -2.07. The monoisotopic (exact) mass is 205 g/mol. The van der Waals surface area contributed by atoms with E-state index in [9.17, 15) is 0 Å². The second-order valence-corrected chi connectivity index (χ2v) is 3.94. The minimum atomic E-state index is 0.372. The normalized spacial score (nSPS) is 16.5. The van der Waals surface area contributed by atoms with Crippen LogP contribution in [0.1, 0.15) is 38.3 Å². The molecule has 0 saturated heterocycles. The van der Waals surface area contributed by atoms with Crippen LogP contribution in [0.5, 0.6) is 0 Å². The maximum absolute atomic E-state index is 5.55. The van der Waals surface area contributed by atoms with Crippen molar-refractivity contribution in [3.63, 3.8) is 0 Å². The summed E-state index contributed by atoms with van der Waals surface area (Å²) in [5.74, 6) is 0.606. The minimum Gasteiger partial charge on any atom is -0.386 e. The van der Waals surface area contributed by atoms with E-state index in [0.717, 1.165) is 24.1 Å². The van der Waals surface area contributed by atoms with Crippen molar-refractivity contribution in [2.75, 3.05) is 0 Å². The Labute approximate surface area is 88.7 Å². The highest BCUT2D eigenvalue weighted by molar-refractivity contribution is 6.03. The Kier molecular flexibility index (Phi) is 2.53. The molecule has 80 valence electrons. The number of amidine groups is 1. The van der Waals surface area contributed by atoms with Crippen LogP contribution in [0.4, 0.5) is 0 Å². The Bertz CT molecular complexity index is 413. The summed E-state index contributed by atoms with van der Waals surface area (Å²) >= 11 is 0. The fourth-order valence-electron chi connectivity index (χ4n) is 1.44. The molecule has 0 unspecified atom stereocenters. The topological polar surface area (TPSA) is 68.6 Å². The third-order valence-electron chi connectivity index (χ3n) is 2.38. The van der Waals surface area contributed by atoms with Gasteiger partial charge in [-0.3, -0.25) is 4.68 Å². The molecule has 0 amide bonds. The first-order valence-corrected chi connectivity index (χ1v) is 5.10. The molecule has 0 saturated carbocycles. The number of aromatic nitrogens is 2. The number of hydrogen-bond donors (Lipinski definition) is 1. The van der Waals surface area contributed by atoms with E-state index in [4.69, 9.17) is 5.73 Å². The SMILES string of the molecule is CC(C)n1cc(C2=NN=C(N)CC2)cn1. The van der Waals surface area contributed by atoms with Crippen LogP contribution < -0.4 is 5.73 Å². The van der Waals surface area contributed by atoms with Gasteiger partial charge in [-0.25, -0.2) is 0 Å². The second-order valence-electron chi connectivity index (χ2n) is 3.94. The van der Waals surface area contributed by atoms with Crippen LogP contribution in [0, 0.1) is 0 Å². The fourth-order valence-corrected chi connectivity index (χ4v) is 1.44. The molecule has 0 atom stereocenters. The molecule has 2 N–H and O–H groups in total. The van der Waals surface area contributed by atoms with Gasteiger partial charge in [-0.05, 0) is 20.3 Å². The highest BCUT2D eigenvalue weighted by Gasteiger charge is 2.12. The molecule has 1 aromatic rings. The van der Waals surface area contributed by atoms with Crippen LogP contribution in [0.15, 0.2) is 22.6 Å². The van der Waals surface area contributed by atoms with E-state index in [0.29, 0.717) is 11.9 Å². The van der Waals surface area contributed by atoms with Crippen molar-refractivity contribution in [1.82, 2.24) is 9.78 Å². The first-order valence-electron chi connectivity index (χ1n) is 5.10. The molecular weight excluding hydrogens is 190 g/mol. The highest BCUT2D eigenvalue weighted by Crippen LogP contribution is 2.12. The van der Waals surface area contributed by atoms with Crippen LogP contribution in [-0.2, 0) is 0 Å². The molecular formula is C10H15N5. The molecule has 0 fully saturated rings. The van der Waals surface area contributed by atoms with Gasteiger partial charge >= 0.3 is 0 Å². The Morgan fingerprint density at radius 1 is 1.33 bits per heavy atom. The molecule has 2 heterocycles. The Balaban J connectivity index is 2.23. The zero-order valence-electron chi connectivity index (χ0n) is 9.01. The molecule has 0 bridgehead atoms. The van der Waals surface area contributed by atoms with Crippen LogP contribution in [0.2, 0.25) is 0 Å². The van der Waals surface area contributed by atoms with Crippen molar-refractivity contribution in [2.24, 2.45) is 15.9 Å². The molecule has 5 heteroatoms. The molecule has 15 heavy (non-hydrogen) atoms. The van der Waals surface area contributed by atoms with Gasteiger partial charge in [0, 0.05) is 24.2 Å². The predicted octanol–water partition coefficient (Wildman–Crippen LogP) is 1.32. The lowest BCUT2D eigenvalue weighted by Crippen LogP contribution is -2.17. The third kappa shape index (κ3) is 2.06. The van der Waals surface area contributed by atoms with Crippen LogP contribution in [0.3, 0.4) is 0 Å². The van der Waals surface area contributed by atoms with E-state index in [1.54, 1.807) is 0 Å². The van der Waals surface area contributed by atoms with Gasteiger partial charge in [0.25, 0.3) is 0 Å². The van der Waals surface area contributed by atoms with Gasteiger partial charge in [-0.2, -0.15) is 10.2 Å². The van der Waals surface area contributed by atoms with E-state index < -0.39 is 0 Å². The number of nitrogens with two attached hydrogens (primary N) is 1. The average Bonchev–Trinajstić information content (AvgIpc) is 2.68. The molecule has 0 aliphatic carbocycles. The molecule has 0 spiro atoms. The highest BCUT2D eigenvalue weighted by atomic mass is 15.3. The Hall–Kier alpha value is -1.65. The number of hydrogen-bond acceptors (Lipinski definition) is 4. The van der Waals surface area contributed by atoms with Crippen molar-refractivity contribution >= 4 is 11.5 Å². The first-order chi connectivity index (χ1) is 7.16. The van der Waals surface area contributed by atoms with E-state index in [-0.39, 0.29) is 0 Å². The zero-order chi connectivity index (χ0) is 10.8.